The van der Waals surface area contributed by atoms with Crippen LogP contribution in [0.2, 0.25) is 0 Å². The Hall–Kier alpha value is -1.98. The van der Waals surface area contributed by atoms with E-state index in [4.69, 9.17) is 5.73 Å². The molecule has 5 nitrogen and oxygen atoms in total. The zero-order valence-corrected chi connectivity index (χ0v) is 8.95. The van der Waals surface area contributed by atoms with Gasteiger partial charge in [0.1, 0.15) is 5.54 Å². The minimum atomic E-state index is -1.23. The number of rotatable bonds is 3. The number of amides is 2. The van der Waals surface area contributed by atoms with Gasteiger partial charge in [0, 0.05) is 6.20 Å². The number of carbonyl (C=O) groups excluding carboxylic acids is 2. The second-order valence-electron chi connectivity index (χ2n) is 3.80. The quantitative estimate of drug-likeness (QED) is 0.771. The van der Waals surface area contributed by atoms with Crippen molar-refractivity contribution in [2.45, 2.75) is 19.4 Å². The molecule has 0 radical (unpaired) electrons. The summed E-state index contributed by atoms with van der Waals surface area (Å²) in [5, 5.41) is 2.33. The third kappa shape index (κ3) is 2.53. The van der Waals surface area contributed by atoms with E-state index in [1.807, 2.05) is 0 Å². The van der Waals surface area contributed by atoms with E-state index in [9.17, 15) is 14.0 Å². The molecule has 3 N–H and O–H groups in total. The molecule has 1 heterocycles. The van der Waals surface area contributed by atoms with Crippen LogP contribution >= 0.6 is 0 Å². The largest absolute Gasteiger partial charge is 0.368 e. The van der Waals surface area contributed by atoms with E-state index in [1.54, 1.807) is 0 Å². The Kier molecular flexibility index (Phi) is 3.22. The van der Waals surface area contributed by atoms with Crippen molar-refractivity contribution in [2.75, 3.05) is 0 Å². The maximum Gasteiger partial charge on any atom is 0.255 e. The summed E-state index contributed by atoms with van der Waals surface area (Å²) in [5.41, 5.74) is 3.67. The summed E-state index contributed by atoms with van der Waals surface area (Å²) >= 11 is 0. The molecular formula is C10H12FN3O2. The van der Waals surface area contributed by atoms with Gasteiger partial charge in [-0.1, -0.05) is 0 Å². The Balaban J connectivity index is 2.89. The number of primary amides is 1. The van der Waals surface area contributed by atoms with Crippen LogP contribution < -0.4 is 11.1 Å². The molecule has 16 heavy (non-hydrogen) atoms. The first-order valence-corrected chi connectivity index (χ1v) is 4.56. The van der Waals surface area contributed by atoms with E-state index in [2.05, 4.69) is 10.3 Å². The molecule has 6 heteroatoms. The van der Waals surface area contributed by atoms with Crippen LogP contribution in [-0.2, 0) is 4.79 Å². The SMILES string of the molecule is CC(C)(NC(=O)c1ccncc1F)C(N)=O. The highest BCUT2D eigenvalue weighted by Crippen LogP contribution is 2.07. The molecule has 0 aliphatic carbocycles. The Labute approximate surface area is 91.9 Å². The van der Waals surface area contributed by atoms with Gasteiger partial charge in [0.05, 0.1) is 11.8 Å². The number of nitrogens with zero attached hydrogens (tertiary/aromatic N) is 1. The molecule has 2 amide bonds. The van der Waals surface area contributed by atoms with Gasteiger partial charge in [-0.15, -0.1) is 0 Å². The molecule has 0 spiro atoms. The fraction of sp³-hybridized carbons (Fsp3) is 0.300. The monoisotopic (exact) mass is 225 g/mol. The van der Waals surface area contributed by atoms with E-state index < -0.39 is 23.2 Å². The minimum Gasteiger partial charge on any atom is -0.368 e. The Morgan fingerprint density at radius 3 is 2.62 bits per heavy atom. The van der Waals surface area contributed by atoms with Crippen molar-refractivity contribution < 1.29 is 14.0 Å². The summed E-state index contributed by atoms with van der Waals surface area (Å²) < 4.78 is 13.2. The van der Waals surface area contributed by atoms with Gasteiger partial charge in [-0.2, -0.15) is 0 Å². The Morgan fingerprint density at radius 2 is 2.12 bits per heavy atom. The Bertz CT molecular complexity index is 432. The maximum absolute atomic E-state index is 13.2. The predicted octanol–water partition coefficient (Wildman–Crippen LogP) is 0.214. The molecule has 0 aliphatic heterocycles. The van der Waals surface area contributed by atoms with E-state index in [0.717, 1.165) is 6.20 Å². The lowest BCUT2D eigenvalue weighted by molar-refractivity contribution is -0.122. The van der Waals surface area contributed by atoms with Crippen LogP contribution in [0, 0.1) is 5.82 Å². The summed E-state index contributed by atoms with van der Waals surface area (Å²) in [6.07, 6.45) is 2.21. The molecule has 0 fully saturated rings. The molecule has 1 aromatic rings. The van der Waals surface area contributed by atoms with E-state index in [0.29, 0.717) is 0 Å². The number of hydrogen-bond acceptors (Lipinski definition) is 3. The van der Waals surface area contributed by atoms with Crippen molar-refractivity contribution in [1.82, 2.24) is 10.3 Å². The van der Waals surface area contributed by atoms with Gasteiger partial charge in [-0.25, -0.2) is 4.39 Å². The van der Waals surface area contributed by atoms with Gasteiger partial charge in [0.2, 0.25) is 5.91 Å². The van der Waals surface area contributed by atoms with E-state index in [1.165, 1.54) is 26.1 Å². The lowest BCUT2D eigenvalue weighted by Crippen LogP contribution is -2.53. The molecule has 1 rings (SSSR count). The summed E-state index contributed by atoms with van der Waals surface area (Å²) in [7, 11) is 0. The standard InChI is InChI=1S/C10H12FN3O2/c1-10(2,9(12)16)14-8(15)6-3-4-13-5-7(6)11/h3-5H,1-2H3,(H2,12,16)(H,14,15). The lowest BCUT2D eigenvalue weighted by atomic mass is 10.0. The van der Waals surface area contributed by atoms with Crippen LogP contribution in [-0.4, -0.2) is 22.3 Å². The van der Waals surface area contributed by atoms with Crippen molar-refractivity contribution in [3.63, 3.8) is 0 Å². The van der Waals surface area contributed by atoms with Gasteiger partial charge in [-0.05, 0) is 19.9 Å². The highest BCUT2D eigenvalue weighted by Gasteiger charge is 2.28. The van der Waals surface area contributed by atoms with Crippen LogP contribution in [0.3, 0.4) is 0 Å². The number of nitrogens with one attached hydrogen (secondary N) is 1. The van der Waals surface area contributed by atoms with Crippen LogP contribution in [0.1, 0.15) is 24.2 Å². The first kappa shape index (κ1) is 12.1. The average Bonchev–Trinajstić information content (AvgIpc) is 2.17. The van der Waals surface area contributed by atoms with Crippen LogP contribution in [0.15, 0.2) is 18.5 Å². The third-order valence-corrected chi connectivity index (χ3v) is 2.06. The van der Waals surface area contributed by atoms with Crippen molar-refractivity contribution in [1.29, 1.82) is 0 Å². The smallest absolute Gasteiger partial charge is 0.255 e. The Morgan fingerprint density at radius 1 is 1.50 bits per heavy atom. The number of halogens is 1. The van der Waals surface area contributed by atoms with Gasteiger partial charge < -0.3 is 11.1 Å². The second kappa shape index (κ2) is 4.26. The van der Waals surface area contributed by atoms with Crippen molar-refractivity contribution in [3.8, 4) is 0 Å². The fourth-order valence-corrected chi connectivity index (χ4v) is 0.972. The molecule has 0 saturated carbocycles. The minimum absolute atomic E-state index is 0.177. The summed E-state index contributed by atoms with van der Waals surface area (Å²) in [4.78, 5) is 26.1. The maximum atomic E-state index is 13.2. The van der Waals surface area contributed by atoms with Crippen LogP contribution in [0.5, 0.6) is 0 Å². The molecular weight excluding hydrogens is 213 g/mol. The first-order chi connectivity index (χ1) is 7.34. The normalized spacial score (nSPS) is 10.9. The number of nitrogens with two attached hydrogens (primary N) is 1. The number of aromatic nitrogens is 1. The highest BCUT2D eigenvalue weighted by atomic mass is 19.1. The zero-order chi connectivity index (χ0) is 12.3. The average molecular weight is 225 g/mol. The third-order valence-electron chi connectivity index (χ3n) is 2.06. The van der Waals surface area contributed by atoms with Crippen LogP contribution in [0.4, 0.5) is 4.39 Å². The molecule has 0 atom stereocenters. The predicted molar refractivity (Wildman–Crippen MR) is 54.9 cm³/mol. The lowest BCUT2D eigenvalue weighted by Gasteiger charge is -2.22. The fourth-order valence-electron chi connectivity index (χ4n) is 0.972. The van der Waals surface area contributed by atoms with Gasteiger partial charge in [0.15, 0.2) is 5.82 Å². The number of hydrogen-bond donors (Lipinski definition) is 2. The first-order valence-electron chi connectivity index (χ1n) is 4.56. The van der Waals surface area contributed by atoms with Gasteiger partial charge in [0.25, 0.3) is 5.91 Å². The summed E-state index contributed by atoms with van der Waals surface area (Å²) in [5.74, 6) is -2.15. The molecule has 1 aromatic heterocycles. The molecule has 0 bridgehead atoms. The van der Waals surface area contributed by atoms with Crippen LogP contribution in [0.25, 0.3) is 0 Å². The number of pyridine rings is 1. The summed E-state index contributed by atoms with van der Waals surface area (Å²) in [6.45, 7) is 2.87. The topological polar surface area (TPSA) is 85.1 Å². The highest BCUT2D eigenvalue weighted by molar-refractivity contribution is 5.98. The molecule has 0 unspecified atom stereocenters. The van der Waals surface area contributed by atoms with Crippen molar-refractivity contribution in [2.24, 2.45) is 5.73 Å². The number of carbonyl (C=O) groups is 2. The molecule has 0 saturated heterocycles. The summed E-state index contributed by atoms with van der Waals surface area (Å²) in [6, 6.07) is 1.22. The van der Waals surface area contributed by atoms with E-state index >= 15 is 0 Å². The van der Waals surface area contributed by atoms with Gasteiger partial charge in [-0.3, -0.25) is 14.6 Å². The second-order valence-corrected chi connectivity index (χ2v) is 3.80. The van der Waals surface area contributed by atoms with Crippen molar-refractivity contribution in [3.05, 3.63) is 29.8 Å². The molecule has 0 aromatic carbocycles. The zero-order valence-electron chi connectivity index (χ0n) is 8.95. The van der Waals surface area contributed by atoms with Crippen molar-refractivity contribution >= 4 is 11.8 Å². The molecule has 86 valence electrons. The van der Waals surface area contributed by atoms with E-state index in [-0.39, 0.29) is 5.56 Å². The van der Waals surface area contributed by atoms with Gasteiger partial charge >= 0.3 is 0 Å². The molecule has 0 aliphatic rings.